The summed E-state index contributed by atoms with van der Waals surface area (Å²) in [6, 6.07) is 9.08. The highest BCUT2D eigenvalue weighted by Gasteiger charge is 2.34. The number of nitrogens with zero attached hydrogens (tertiary/aromatic N) is 1. The lowest BCUT2D eigenvalue weighted by Gasteiger charge is -2.16. The lowest BCUT2D eigenvalue weighted by atomic mass is 10.1. The fraction of sp³-hybridized carbons (Fsp3) is 0.111. The number of halogens is 2. The minimum atomic E-state index is -0.489. The Kier molecular flexibility index (Phi) is 5.05. The van der Waals surface area contributed by atoms with Crippen LogP contribution in [0.1, 0.15) is 16.7 Å². The van der Waals surface area contributed by atoms with Gasteiger partial charge in [0.05, 0.1) is 9.26 Å². The molecule has 7 heteroatoms. The molecule has 128 valence electrons. The molecule has 0 saturated carbocycles. The summed E-state index contributed by atoms with van der Waals surface area (Å²) in [5.41, 5.74) is 5.75. The Hall–Kier alpha value is -1.62. The molecule has 0 bridgehead atoms. The number of anilines is 1. The number of phenols is 1. The molecular formula is C18H14I2N2O3. The van der Waals surface area contributed by atoms with Gasteiger partial charge in [-0.3, -0.25) is 15.0 Å². The van der Waals surface area contributed by atoms with Gasteiger partial charge in [-0.1, -0.05) is 6.07 Å². The van der Waals surface area contributed by atoms with E-state index in [-0.39, 0.29) is 11.3 Å². The molecule has 2 amide bonds. The predicted octanol–water partition coefficient (Wildman–Crippen LogP) is 3.68. The maximum Gasteiger partial charge on any atom is 0.282 e. The van der Waals surface area contributed by atoms with Crippen molar-refractivity contribution in [3.05, 3.63) is 59.7 Å². The van der Waals surface area contributed by atoms with E-state index in [0.29, 0.717) is 14.8 Å². The van der Waals surface area contributed by atoms with Crippen LogP contribution in [0.2, 0.25) is 0 Å². The number of carbonyl (C=O) groups is 2. The maximum atomic E-state index is 12.7. The molecule has 25 heavy (non-hydrogen) atoms. The molecule has 1 heterocycles. The molecule has 0 aromatic heterocycles. The summed E-state index contributed by atoms with van der Waals surface area (Å²) in [6.07, 6.45) is 1.43. The minimum absolute atomic E-state index is 0.00803. The summed E-state index contributed by atoms with van der Waals surface area (Å²) in [4.78, 5) is 25.0. The highest BCUT2D eigenvalue weighted by molar-refractivity contribution is 14.1. The number of aromatic hydroxyl groups is 1. The second-order valence-electron chi connectivity index (χ2n) is 5.73. The van der Waals surface area contributed by atoms with Gasteiger partial charge in [0.2, 0.25) is 0 Å². The van der Waals surface area contributed by atoms with Crippen LogP contribution in [-0.2, 0) is 9.59 Å². The largest absolute Gasteiger partial charge is 0.506 e. The van der Waals surface area contributed by atoms with Crippen LogP contribution >= 0.6 is 45.2 Å². The number of hydrazine groups is 1. The molecule has 2 aromatic carbocycles. The SMILES string of the molecule is Cc1ccc(N2NC(=O)/C(=C/c3cc(I)cc(I)c3O)C2=O)cc1C. The van der Waals surface area contributed by atoms with Crippen LogP contribution in [0.5, 0.6) is 5.75 Å². The van der Waals surface area contributed by atoms with E-state index in [9.17, 15) is 14.7 Å². The number of phenolic OH excluding ortho intramolecular Hbond substituents is 1. The van der Waals surface area contributed by atoms with E-state index in [1.54, 1.807) is 12.1 Å². The fourth-order valence-electron chi connectivity index (χ4n) is 2.46. The quantitative estimate of drug-likeness (QED) is 0.335. The smallest absolute Gasteiger partial charge is 0.282 e. The van der Waals surface area contributed by atoms with E-state index >= 15 is 0 Å². The summed E-state index contributed by atoms with van der Waals surface area (Å²) in [5.74, 6) is -0.878. The molecule has 1 aliphatic heterocycles. The number of hydrogen-bond acceptors (Lipinski definition) is 3. The molecule has 1 fully saturated rings. The maximum absolute atomic E-state index is 12.7. The third-order valence-electron chi connectivity index (χ3n) is 4.00. The van der Waals surface area contributed by atoms with Crippen molar-refractivity contribution >= 4 is 68.8 Å². The van der Waals surface area contributed by atoms with Gasteiger partial charge in [0, 0.05) is 9.13 Å². The number of hydrogen-bond donors (Lipinski definition) is 2. The van der Waals surface area contributed by atoms with Crippen molar-refractivity contribution in [3.63, 3.8) is 0 Å². The lowest BCUT2D eigenvalue weighted by Crippen LogP contribution is -2.35. The number of aryl methyl sites for hydroxylation is 2. The average Bonchev–Trinajstić information content (AvgIpc) is 2.83. The van der Waals surface area contributed by atoms with Crippen molar-refractivity contribution in [1.29, 1.82) is 0 Å². The number of amides is 2. The molecule has 5 nitrogen and oxygen atoms in total. The molecular weight excluding hydrogens is 546 g/mol. The van der Waals surface area contributed by atoms with Gasteiger partial charge >= 0.3 is 0 Å². The molecule has 0 unspecified atom stereocenters. The summed E-state index contributed by atoms with van der Waals surface area (Å²) in [6.45, 7) is 3.93. The van der Waals surface area contributed by atoms with Crippen molar-refractivity contribution in [2.75, 3.05) is 5.01 Å². The monoisotopic (exact) mass is 560 g/mol. The first-order chi connectivity index (χ1) is 11.8. The Morgan fingerprint density at radius 1 is 1.08 bits per heavy atom. The van der Waals surface area contributed by atoms with Crippen LogP contribution in [-0.4, -0.2) is 16.9 Å². The summed E-state index contributed by atoms with van der Waals surface area (Å²) < 4.78 is 1.57. The van der Waals surface area contributed by atoms with Gasteiger partial charge in [0.25, 0.3) is 11.8 Å². The first-order valence-corrected chi connectivity index (χ1v) is 9.56. The molecule has 0 spiro atoms. The van der Waals surface area contributed by atoms with Gasteiger partial charge in [-0.15, -0.1) is 0 Å². The van der Waals surface area contributed by atoms with Crippen LogP contribution in [0.25, 0.3) is 6.08 Å². The third kappa shape index (κ3) is 3.52. The first kappa shape index (κ1) is 18.2. The molecule has 0 radical (unpaired) electrons. The first-order valence-electron chi connectivity index (χ1n) is 7.40. The molecule has 1 saturated heterocycles. The van der Waals surface area contributed by atoms with E-state index in [1.807, 2.05) is 54.6 Å². The number of nitrogens with one attached hydrogen (secondary N) is 1. The highest BCUT2D eigenvalue weighted by atomic mass is 127. The van der Waals surface area contributed by atoms with Crippen LogP contribution < -0.4 is 10.4 Å². The Balaban J connectivity index is 2.01. The minimum Gasteiger partial charge on any atom is -0.506 e. The molecule has 0 aliphatic carbocycles. The van der Waals surface area contributed by atoms with Gasteiger partial charge in [-0.2, -0.15) is 0 Å². The predicted molar refractivity (Wildman–Crippen MR) is 113 cm³/mol. The summed E-state index contributed by atoms with van der Waals surface area (Å²) >= 11 is 4.14. The van der Waals surface area contributed by atoms with Crippen LogP contribution in [0.4, 0.5) is 5.69 Å². The van der Waals surface area contributed by atoms with Crippen LogP contribution in [0.15, 0.2) is 35.9 Å². The fourth-order valence-corrected chi connectivity index (χ4v) is 4.34. The van der Waals surface area contributed by atoms with Crippen molar-refractivity contribution in [3.8, 4) is 5.75 Å². The average molecular weight is 560 g/mol. The number of carbonyl (C=O) groups excluding carboxylic acids is 2. The van der Waals surface area contributed by atoms with E-state index in [0.717, 1.165) is 14.7 Å². The van der Waals surface area contributed by atoms with Gasteiger partial charge < -0.3 is 5.11 Å². The normalized spacial score (nSPS) is 15.8. The van der Waals surface area contributed by atoms with E-state index in [2.05, 4.69) is 28.0 Å². The zero-order chi connectivity index (χ0) is 18.3. The van der Waals surface area contributed by atoms with Crippen molar-refractivity contribution in [2.45, 2.75) is 13.8 Å². The Bertz CT molecular complexity index is 938. The second-order valence-corrected chi connectivity index (χ2v) is 8.14. The standard InChI is InChI=1S/C18H14I2N2O3/c1-9-3-4-13(5-10(9)2)22-18(25)14(17(24)21-22)7-11-6-12(19)8-15(20)16(11)23/h3-8,23H,1-2H3,(H,21,24)/b14-7-. The lowest BCUT2D eigenvalue weighted by molar-refractivity contribution is -0.117. The van der Waals surface area contributed by atoms with Gasteiger partial charge in [0.15, 0.2) is 0 Å². The third-order valence-corrected chi connectivity index (χ3v) is 5.44. The molecule has 1 aliphatic rings. The molecule has 2 aromatic rings. The Morgan fingerprint density at radius 2 is 1.80 bits per heavy atom. The van der Waals surface area contributed by atoms with Crippen LogP contribution in [0, 0.1) is 21.0 Å². The van der Waals surface area contributed by atoms with E-state index < -0.39 is 11.8 Å². The highest BCUT2D eigenvalue weighted by Crippen LogP contribution is 2.30. The number of rotatable bonds is 2. The topological polar surface area (TPSA) is 69.6 Å². The van der Waals surface area contributed by atoms with Crippen molar-refractivity contribution in [2.24, 2.45) is 0 Å². The Labute approximate surface area is 172 Å². The zero-order valence-electron chi connectivity index (χ0n) is 13.4. The second kappa shape index (κ2) is 6.94. The van der Waals surface area contributed by atoms with Crippen LogP contribution in [0.3, 0.4) is 0 Å². The Morgan fingerprint density at radius 3 is 2.48 bits per heavy atom. The van der Waals surface area contributed by atoms with Gasteiger partial charge in [0.1, 0.15) is 11.3 Å². The van der Waals surface area contributed by atoms with Crippen molar-refractivity contribution < 1.29 is 14.7 Å². The van der Waals surface area contributed by atoms with Gasteiger partial charge in [-0.05, 0) is 100 Å². The van der Waals surface area contributed by atoms with Gasteiger partial charge in [-0.25, -0.2) is 5.01 Å². The molecule has 2 N–H and O–H groups in total. The number of benzene rings is 2. The molecule has 0 atom stereocenters. The summed E-state index contributed by atoms with van der Waals surface area (Å²) in [5, 5.41) is 11.4. The van der Waals surface area contributed by atoms with E-state index in [1.165, 1.54) is 11.1 Å². The molecule has 3 rings (SSSR count). The van der Waals surface area contributed by atoms with Crippen molar-refractivity contribution in [1.82, 2.24) is 5.43 Å². The van der Waals surface area contributed by atoms with E-state index in [4.69, 9.17) is 0 Å². The zero-order valence-corrected chi connectivity index (χ0v) is 17.7. The summed E-state index contributed by atoms with van der Waals surface area (Å²) in [7, 11) is 0.